The molecule has 1 fully saturated rings. The van der Waals surface area contributed by atoms with Gasteiger partial charge in [0.2, 0.25) is 0 Å². The molecular weight excluding hydrogens is 324 g/mol. The summed E-state index contributed by atoms with van der Waals surface area (Å²) < 4.78 is 0. The standard InChI is InChI=1S/C22H26N2O2/c1-24(20-14-7-4-8-15-20)22(26)18-11-9-10-17(16-18)21(25)23-19-12-5-2-3-6-13-19/h4,7-11,14-16,19H,2-3,5-6,12-13H2,1H3,(H,23,25). The number of carbonyl (C=O) groups excluding carboxylic acids is 2. The van der Waals surface area contributed by atoms with Crippen molar-refractivity contribution in [3.05, 3.63) is 65.7 Å². The van der Waals surface area contributed by atoms with Crippen LogP contribution in [0.3, 0.4) is 0 Å². The van der Waals surface area contributed by atoms with Crippen LogP contribution in [-0.4, -0.2) is 24.9 Å². The van der Waals surface area contributed by atoms with Crippen molar-refractivity contribution in [3.8, 4) is 0 Å². The minimum absolute atomic E-state index is 0.0890. The van der Waals surface area contributed by atoms with Crippen molar-refractivity contribution in [1.29, 1.82) is 0 Å². The van der Waals surface area contributed by atoms with Gasteiger partial charge in [-0.3, -0.25) is 9.59 Å². The first kappa shape index (κ1) is 18.2. The van der Waals surface area contributed by atoms with E-state index in [1.165, 1.54) is 25.7 Å². The molecule has 0 radical (unpaired) electrons. The van der Waals surface area contributed by atoms with Gasteiger partial charge in [0, 0.05) is 29.9 Å². The number of nitrogens with one attached hydrogen (secondary N) is 1. The fourth-order valence-corrected chi connectivity index (χ4v) is 3.45. The summed E-state index contributed by atoms with van der Waals surface area (Å²) in [6, 6.07) is 16.7. The predicted octanol–water partition coefficient (Wildman–Crippen LogP) is 4.42. The molecule has 1 saturated carbocycles. The lowest BCUT2D eigenvalue weighted by atomic mass is 10.1. The summed E-state index contributed by atoms with van der Waals surface area (Å²) in [6.45, 7) is 0. The zero-order valence-corrected chi connectivity index (χ0v) is 15.3. The molecule has 0 heterocycles. The van der Waals surface area contributed by atoms with Crippen molar-refractivity contribution in [2.75, 3.05) is 11.9 Å². The van der Waals surface area contributed by atoms with E-state index < -0.39 is 0 Å². The molecule has 1 aliphatic carbocycles. The molecule has 0 atom stereocenters. The predicted molar refractivity (Wildman–Crippen MR) is 105 cm³/mol. The Morgan fingerprint density at radius 2 is 1.54 bits per heavy atom. The Bertz CT molecular complexity index is 750. The molecule has 0 aliphatic heterocycles. The molecule has 2 aromatic carbocycles. The van der Waals surface area contributed by atoms with Crippen LogP contribution in [0.2, 0.25) is 0 Å². The van der Waals surface area contributed by atoms with Crippen LogP contribution in [0.4, 0.5) is 5.69 Å². The third kappa shape index (κ3) is 4.51. The number of rotatable bonds is 4. The van der Waals surface area contributed by atoms with Crippen molar-refractivity contribution < 1.29 is 9.59 Å². The Balaban J connectivity index is 1.71. The molecule has 3 rings (SSSR count). The van der Waals surface area contributed by atoms with E-state index >= 15 is 0 Å². The molecule has 4 nitrogen and oxygen atoms in total. The molecule has 0 spiro atoms. The maximum Gasteiger partial charge on any atom is 0.258 e. The van der Waals surface area contributed by atoms with Crippen molar-refractivity contribution in [3.63, 3.8) is 0 Å². The second-order valence-electron chi connectivity index (χ2n) is 6.94. The third-order valence-corrected chi connectivity index (χ3v) is 5.01. The molecule has 2 aromatic rings. The van der Waals surface area contributed by atoms with E-state index in [9.17, 15) is 9.59 Å². The van der Waals surface area contributed by atoms with Gasteiger partial charge in [0.25, 0.3) is 11.8 Å². The molecule has 0 bridgehead atoms. The highest BCUT2D eigenvalue weighted by Gasteiger charge is 2.18. The smallest absolute Gasteiger partial charge is 0.258 e. The lowest BCUT2D eigenvalue weighted by Gasteiger charge is -2.18. The van der Waals surface area contributed by atoms with Crippen LogP contribution in [0.15, 0.2) is 54.6 Å². The summed E-state index contributed by atoms with van der Waals surface area (Å²) in [4.78, 5) is 27.0. The van der Waals surface area contributed by atoms with Crippen molar-refractivity contribution in [2.24, 2.45) is 0 Å². The van der Waals surface area contributed by atoms with Crippen LogP contribution in [0.1, 0.15) is 59.2 Å². The van der Waals surface area contributed by atoms with Gasteiger partial charge >= 0.3 is 0 Å². The monoisotopic (exact) mass is 350 g/mol. The zero-order valence-electron chi connectivity index (χ0n) is 15.3. The van der Waals surface area contributed by atoms with Crippen LogP contribution in [0, 0.1) is 0 Å². The van der Waals surface area contributed by atoms with Gasteiger partial charge in [-0.2, -0.15) is 0 Å². The normalized spacial score (nSPS) is 15.1. The molecule has 0 unspecified atom stereocenters. The van der Waals surface area contributed by atoms with Crippen molar-refractivity contribution >= 4 is 17.5 Å². The first-order valence-electron chi connectivity index (χ1n) is 9.39. The minimum Gasteiger partial charge on any atom is -0.349 e. The number of para-hydroxylation sites is 1. The Kier molecular flexibility index (Phi) is 6.05. The van der Waals surface area contributed by atoms with Crippen molar-refractivity contribution in [1.82, 2.24) is 5.32 Å². The summed E-state index contributed by atoms with van der Waals surface area (Å²) in [5, 5.41) is 3.14. The average Bonchev–Trinajstić information content (AvgIpc) is 2.96. The Labute approximate surface area is 155 Å². The first-order valence-corrected chi connectivity index (χ1v) is 9.39. The van der Waals surface area contributed by atoms with E-state index in [1.807, 2.05) is 30.3 Å². The van der Waals surface area contributed by atoms with Crippen LogP contribution >= 0.6 is 0 Å². The van der Waals surface area contributed by atoms with Gasteiger partial charge in [0.05, 0.1) is 0 Å². The fraction of sp³-hybridized carbons (Fsp3) is 0.364. The first-order chi connectivity index (χ1) is 12.6. The SMILES string of the molecule is CN(C(=O)c1cccc(C(=O)NC2CCCCCC2)c1)c1ccccc1. The van der Waals surface area contributed by atoms with Crippen LogP contribution in [0.25, 0.3) is 0 Å². The number of amides is 2. The number of nitrogens with zero attached hydrogens (tertiary/aromatic N) is 1. The van der Waals surface area contributed by atoms with Gasteiger partial charge in [-0.25, -0.2) is 0 Å². The minimum atomic E-state index is -0.125. The molecular formula is C22H26N2O2. The Morgan fingerprint density at radius 3 is 2.23 bits per heavy atom. The second kappa shape index (κ2) is 8.65. The van der Waals surface area contributed by atoms with E-state index in [4.69, 9.17) is 0 Å². The molecule has 0 saturated heterocycles. The zero-order chi connectivity index (χ0) is 18.4. The van der Waals surface area contributed by atoms with E-state index in [-0.39, 0.29) is 17.9 Å². The molecule has 1 N–H and O–H groups in total. The van der Waals surface area contributed by atoms with E-state index in [2.05, 4.69) is 5.32 Å². The molecule has 1 aliphatic rings. The highest BCUT2D eigenvalue weighted by atomic mass is 16.2. The van der Waals surface area contributed by atoms with E-state index in [0.29, 0.717) is 11.1 Å². The topological polar surface area (TPSA) is 49.4 Å². The quantitative estimate of drug-likeness (QED) is 0.830. The molecule has 26 heavy (non-hydrogen) atoms. The average molecular weight is 350 g/mol. The highest BCUT2D eigenvalue weighted by Crippen LogP contribution is 2.19. The molecule has 136 valence electrons. The molecule has 0 aromatic heterocycles. The number of anilines is 1. The van der Waals surface area contributed by atoms with Gasteiger partial charge in [-0.05, 0) is 43.2 Å². The van der Waals surface area contributed by atoms with Crippen molar-refractivity contribution in [2.45, 2.75) is 44.6 Å². The second-order valence-corrected chi connectivity index (χ2v) is 6.94. The van der Waals surface area contributed by atoms with Gasteiger partial charge in [0.15, 0.2) is 0 Å². The molecule has 2 amide bonds. The highest BCUT2D eigenvalue weighted by molar-refractivity contribution is 6.07. The molecule has 4 heteroatoms. The summed E-state index contributed by atoms with van der Waals surface area (Å²) in [5.41, 5.74) is 1.89. The van der Waals surface area contributed by atoms with E-state index in [1.54, 1.807) is 36.2 Å². The number of hydrogen-bond acceptors (Lipinski definition) is 2. The summed E-state index contributed by atoms with van der Waals surface area (Å²) in [5.74, 6) is -0.214. The number of benzene rings is 2. The number of carbonyl (C=O) groups is 2. The Hall–Kier alpha value is -2.62. The lowest BCUT2D eigenvalue weighted by Crippen LogP contribution is -2.34. The summed E-state index contributed by atoms with van der Waals surface area (Å²) in [7, 11) is 1.75. The maximum atomic E-state index is 12.7. The van der Waals surface area contributed by atoms with Gasteiger partial charge < -0.3 is 10.2 Å². The van der Waals surface area contributed by atoms with E-state index in [0.717, 1.165) is 18.5 Å². The fourth-order valence-electron chi connectivity index (χ4n) is 3.45. The van der Waals surface area contributed by atoms with Gasteiger partial charge in [-0.15, -0.1) is 0 Å². The van der Waals surface area contributed by atoms with Crippen LogP contribution in [0.5, 0.6) is 0 Å². The largest absolute Gasteiger partial charge is 0.349 e. The van der Waals surface area contributed by atoms with Crippen LogP contribution < -0.4 is 10.2 Å². The Morgan fingerprint density at radius 1 is 0.885 bits per heavy atom. The summed E-state index contributed by atoms with van der Waals surface area (Å²) >= 11 is 0. The van der Waals surface area contributed by atoms with Gasteiger partial charge in [-0.1, -0.05) is 49.9 Å². The van der Waals surface area contributed by atoms with Crippen LogP contribution in [-0.2, 0) is 0 Å². The van der Waals surface area contributed by atoms with Gasteiger partial charge in [0.1, 0.15) is 0 Å². The number of hydrogen-bond donors (Lipinski definition) is 1. The summed E-state index contributed by atoms with van der Waals surface area (Å²) in [6.07, 6.45) is 6.93. The third-order valence-electron chi connectivity index (χ3n) is 5.01. The maximum absolute atomic E-state index is 12.7. The lowest BCUT2D eigenvalue weighted by molar-refractivity contribution is 0.0933.